The number of hydrogen-bond acceptors (Lipinski definition) is 1. The number of aromatic nitrogens is 1. The van der Waals surface area contributed by atoms with E-state index in [1.165, 1.54) is 28.2 Å². The lowest BCUT2D eigenvalue weighted by Gasteiger charge is -2.26. The molecule has 2 heterocycles. The Hall–Kier alpha value is -2.46. The molecule has 1 aromatic heterocycles. The number of nitrogens with one attached hydrogen (secondary N) is 2. The Labute approximate surface area is 139 Å². The van der Waals surface area contributed by atoms with E-state index in [1.54, 1.807) is 6.07 Å². The number of rotatable bonds is 2. The predicted molar refractivity (Wildman–Crippen MR) is 92.6 cm³/mol. The first-order valence-corrected chi connectivity index (χ1v) is 8.33. The van der Waals surface area contributed by atoms with Crippen molar-refractivity contribution in [1.29, 1.82) is 0 Å². The minimum atomic E-state index is -0.373. The lowest BCUT2D eigenvalue weighted by atomic mass is 9.99. The third-order valence-electron chi connectivity index (χ3n) is 5.01. The van der Waals surface area contributed by atoms with Crippen LogP contribution in [0.4, 0.5) is 4.39 Å². The first kappa shape index (κ1) is 15.1. The number of aryl methyl sites for hydroxylation is 1. The monoisotopic (exact) mass is 323 g/mol. The molecule has 2 aromatic carbocycles. The second-order valence-electron chi connectivity index (χ2n) is 6.62. The van der Waals surface area contributed by atoms with Crippen LogP contribution in [0.1, 0.15) is 22.4 Å². The number of quaternary nitrogens is 1. The molecule has 1 aliphatic rings. The highest BCUT2D eigenvalue weighted by Crippen LogP contribution is 2.14. The van der Waals surface area contributed by atoms with Crippen LogP contribution in [0, 0.1) is 12.7 Å². The van der Waals surface area contributed by atoms with Gasteiger partial charge in [0, 0.05) is 28.6 Å². The molecule has 0 fully saturated rings. The van der Waals surface area contributed by atoms with Crippen molar-refractivity contribution in [3.8, 4) is 0 Å². The highest BCUT2D eigenvalue weighted by Gasteiger charge is 2.21. The molecule has 0 amide bonds. The quantitative estimate of drug-likeness (QED) is 0.745. The number of aromatic amines is 1. The molecule has 3 aromatic rings. The fourth-order valence-electron chi connectivity index (χ4n) is 3.68. The minimum absolute atomic E-state index is 0.0490. The van der Waals surface area contributed by atoms with Crippen LogP contribution in [0.25, 0.3) is 10.9 Å². The first-order valence-electron chi connectivity index (χ1n) is 8.33. The van der Waals surface area contributed by atoms with Gasteiger partial charge in [-0.1, -0.05) is 24.3 Å². The molecule has 0 saturated carbocycles. The molecule has 1 atom stereocenters. The molecule has 0 radical (unpaired) electrons. The third-order valence-corrected chi connectivity index (χ3v) is 5.01. The lowest BCUT2D eigenvalue weighted by Crippen LogP contribution is -3.10. The third kappa shape index (κ3) is 2.63. The predicted octanol–water partition coefficient (Wildman–Crippen LogP) is 2.12. The minimum Gasteiger partial charge on any atom is -0.358 e. The molecule has 0 spiro atoms. The van der Waals surface area contributed by atoms with Gasteiger partial charge in [-0.2, -0.15) is 0 Å². The summed E-state index contributed by atoms with van der Waals surface area (Å²) >= 11 is 0. The molecule has 0 aliphatic carbocycles. The maximum Gasteiger partial charge on any atom is 0.198 e. The van der Waals surface area contributed by atoms with E-state index < -0.39 is 0 Å². The summed E-state index contributed by atoms with van der Waals surface area (Å²) in [5, 5.41) is 0.437. The zero-order chi connectivity index (χ0) is 16.7. The van der Waals surface area contributed by atoms with Crippen molar-refractivity contribution in [3.05, 3.63) is 80.9 Å². The summed E-state index contributed by atoms with van der Waals surface area (Å²) in [7, 11) is 0. The van der Waals surface area contributed by atoms with E-state index in [-0.39, 0.29) is 11.2 Å². The van der Waals surface area contributed by atoms with Gasteiger partial charge in [-0.05, 0) is 30.7 Å². The molecule has 1 unspecified atom stereocenters. The standard InChI is InChI=1S/C20H19FN2O/c1-13-18(20(24)17-10-16(21)6-7-19(17)22-13)12-23-9-8-14-4-2-3-5-15(14)11-23/h2-7,10H,8-9,11-12H2,1H3,(H,22,24)/p+1. The van der Waals surface area contributed by atoms with Gasteiger partial charge in [-0.3, -0.25) is 4.79 Å². The van der Waals surface area contributed by atoms with Crippen molar-refractivity contribution in [2.45, 2.75) is 26.4 Å². The van der Waals surface area contributed by atoms with Gasteiger partial charge in [-0.15, -0.1) is 0 Å². The second kappa shape index (κ2) is 5.87. The Morgan fingerprint density at radius 1 is 1.17 bits per heavy atom. The Bertz CT molecular complexity index is 977. The van der Waals surface area contributed by atoms with E-state index in [9.17, 15) is 9.18 Å². The van der Waals surface area contributed by atoms with Gasteiger partial charge < -0.3 is 9.88 Å². The van der Waals surface area contributed by atoms with E-state index >= 15 is 0 Å². The van der Waals surface area contributed by atoms with Crippen LogP contribution >= 0.6 is 0 Å². The van der Waals surface area contributed by atoms with Gasteiger partial charge in [0.2, 0.25) is 0 Å². The van der Waals surface area contributed by atoms with Crippen molar-refractivity contribution in [3.63, 3.8) is 0 Å². The number of pyridine rings is 1. The highest BCUT2D eigenvalue weighted by atomic mass is 19.1. The van der Waals surface area contributed by atoms with E-state index in [0.29, 0.717) is 17.4 Å². The van der Waals surface area contributed by atoms with Gasteiger partial charge >= 0.3 is 0 Å². The van der Waals surface area contributed by atoms with Crippen LogP contribution in [0.15, 0.2) is 47.3 Å². The molecule has 0 saturated heterocycles. The summed E-state index contributed by atoms with van der Waals surface area (Å²) in [6.45, 7) is 4.53. The summed E-state index contributed by atoms with van der Waals surface area (Å²) in [5.74, 6) is -0.373. The van der Waals surface area contributed by atoms with Gasteiger partial charge in [0.15, 0.2) is 5.43 Å². The number of benzene rings is 2. The van der Waals surface area contributed by atoms with Crippen molar-refractivity contribution >= 4 is 10.9 Å². The molecular weight excluding hydrogens is 303 g/mol. The number of fused-ring (bicyclic) bond motifs is 2. The van der Waals surface area contributed by atoms with Crippen LogP contribution in [-0.4, -0.2) is 11.5 Å². The Morgan fingerprint density at radius 3 is 2.79 bits per heavy atom. The molecule has 2 N–H and O–H groups in total. The largest absolute Gasteiger partial charge is 0.358 e. The Kier molecular flexibility index (Phi) is 3.69. The molecule has 1 aliphatic heterocycles. The Balaban J connectivity index is 1.69. The van der Waals surface area contributed by atoms with Crippen LogP contribution in [0.3, 0.4) is 0 Å². The summed E-state index contributed by atoms with van der Waals surface area (Å²) in [6.07, 6.45) is 1.03. The van der Waals surface area contributed by atoms with Crippen molar-refractivity contribution in [1.82, 2.24) is 4.98 Å². The van der Waals surface area contributed by atoms with Crippen molar-refractivity contribution < 1.29 is 9.29 Å². The smallest absolute Gasteiger partial charge is 0.198 e. The maximum atomic E-state index is 13.5. The second-order valence-corrected chi connectivity index (χ2v) is 6.62. The average molecular weight is 323 g/mol. The molecule has 4 rings (SSSR count). The summed E-state index contributed by atoms with van der Waals surface area (Å²) < 4.78 is 13.5. The highest BCUT2D eigenvalue weighted by molar-refractivity contribution is 5.79. The number of halogens is 1. The zero-order valence-electron chi connectivity index (χ0n) is 13.7. The topological polar surface area (TPSA) is 37.3 Å². The number of hydrogen-bond donors (Lipinski definition) is 2. The van der Waals surface area contributed by atoms with Gasteiger partial charge in [0.05, 0.1) is 12.1 Å². The van der Waals surface area contributed by atoms with Crippen molar-refractivity contribution in [2.24, 2.45) is 0 Å². The van der Waals surface area contributed by atoms with Gasteiger partial charge in [-0.25, -0.2) is 4.39 Å². The van der Waals surface area contributed by atoms with E-state index in [4.69, 9.17) is 0 Å². The normalized spacial score (nSPS) is 17.0. The number of H-pyrrole nitrogens is 1. The van der Waals surface area contributed by atoms with Gasteiger partial charge in [0.25, 0.3) is 0 Å². The van der Waals surface area contributed by atoms with Crippen molar-refractivity contribution in [2.75, 3.05) is 6.54 Å². The van der Waals surface area contributed by atoms with Crippen LogP contribution in [0.2, 0.25) is 0 Å². The first-order chi connectivity index (χ1) is 11.6. The maximum absolute atomic E-state index is 13.5. The molecular formula is C20H20FN2O+. The molecule has 24 heavy (non-hydrogen) atoms. The summed E-state index contributed by atoms with van der Waals surface area (Å²) in [6, 6.07) is 12.8. The SMILES string of the molecule is Cc1[nH]c2ccc(F)cc2c(=O)c1C[NH+]1CCc2ccccc2C1. The molecule has 4 heteroatoms. The van der Waals surface area contributed by atoms with E-state index in [2.05, 4.69) is 29.2 Å². The van der Waals surface area contributed by atoms with Crippen LogP contribution in [0.5, 0.6) is 0 Å². The average Bonchev–Trinajstić information content (AvgIpc) is 2.59. The van der Waals surface area contributed by atoms with E-state index in [0.717, 1.165) is 30.8 Å². The van der Waals surface area contributed by atoms with Gasteiger partial charge in [0.1, 0.15) is 18.9 Å². The fraction of sp³-hybridized carbons (Fsp3) is 0.250. The molecule has 3 nitrogen and oxygen atoms in total. The van der Waals surface area contributed by atoms with Crippen LogP contribution < -0.4 is 10.3 Å². The van der Waals surface area contributed by atoms with E-state index in [1.807, 2.05) is 6.92 Å². The molecule has 122 valence electrons. The molecule has 0 bridgehead atoms. The fourth-order valence-corrected chi connectivity index (χ4v) is 3.68. The Morgan fingerprint density at radius 2 is 1.96 bits per heavy atom. The summed E-state index contributed by atoms with van der Waals surface area (Å²) in [4.78, 5) is 17.4. The zero-order valence-corrected chi connectivity index (χ0v) is 13.7. The summed E-state index contributed by atoms with van der Waals surface area (Å²) in [5.41, 5.74) is 5.06. The lowest BCUT2D eigenvalue weighted by molar-refractivity contribution is -0.929. The van der Waals surface area contributed by atoms with Crippen LogP contribution in [-0.2, 0) is 19.5 Å².